The summed E-state index contributed by atoms with van der Waals surface area (Å²) in [6, 6.07) is 0. The molecule has 0 aliphatic rings. The third-order valence-corrected chi connectivity index (χ3v) is 9.92. The topological polar surface area (TPSA) is 98.8 Å². The second-order valence-electron chi connectivity index (χ2n) is 17.5. The molecule has 0 aromatic carbocycles. The van der Waals surface area contributed by atoms with Gasteiger partial charge in [-0.15, -0.1) is 0 Å². The van der Waals surface area contributed by atoms with Crippen molar-refractivity contribution in [2.24, 2.45) is 29.6 Å². The molecule has 0 radical (unpaired) electrons. The highest BCUT2D eigenvalue weighted by atomic mass is 16.7. The predicted octanol–water partition coefficient (Wildman–Crippen LogP) is 17.4. The van der Waals surface area contributed by atoms with Crippen molar-refractivity contribution < 1.29 is 42.7 Å². The highest BCUT2D eigenvalue weighted by Crippen LogP contribution is 2.18. The normalized spacial score (nSPS) is 12.9. The van der Waals surface area contributed by atoms with Crippen LogP contribution in [0.2, 0.25) is 0 Å². The van der Waals surface area contributed by atoms with Crippen LogP contribution in [0.3, 0.4) is 0 Å². The molecule has 72 heavy (non-hydrogen) atoms. The Labute approximate surface area is 447 Å². The van der Waals surface area contributed by atoms with Gasteiger partial charge in [-0.3, -0.25) is 9.59 Å². The minimum atomic E-state index is -0.222. The minimum Gasteiger partial charge on any atom is -0.502 e. The first-order valence-corrected chi connectivity index (χ1v) is 26.8. The molecule has 0 aliphatic heterocycles. The first-order valence-electron chi connectivity index (χ1n) is 26.8. The van der Waals surface area contributed by atoms with E-state index < -0.39 is 0 Å². The van der Waals surface area contributed by atoms with Gasteiger partial charge in [0.1, 0.15) is 12.6 Å². The SMILES string of the molecule is C/C=C/OCC.C=C/C(C)=C/C.CC/C=C(\C)C(C)C.CCOC(OCC)/C(C)=C/C=C/C=C(\C)C(C)C.CCOC(OCC)C(C)C(C)C.CCOCC(C)COCC.C\C(C=O)=C/C=C/C=C(\C)C=O. The van der Waals surface area contributed by atoms with Gasteiger partial charge in [-0.1, -0.05) is 159 Å². The maximum atomic E-state index is 10.1. The van der Waals surface area contributed by atoms with Crippen molar-refractivity contribution in [2.75, 3.05) is 59.5 Å². The predicted molar refractivity (Wildman–Crippen MR) is 315 cm³/mol. The Balaban J connectivity index is -0.000000141. The van der Waals surface area contributed by atoms with Gasteiger partial charge < -0.3 is 33.2 Å². The Morgan fingerprint density at radius 2 is 0.903 bits per heavy atom. The molecule has 9 heteroatoms. The lowest BCUT2D eigenvalue weighted by Gasteiger charge is -2.26. The van der Waals surface area contributed by atoms with E-state index in [4.69, 9.17) is 33.2 Å². The average Bonchev–Trinajstić information content (AvgIpc) is 3.36. The van der Waals surface area contributed by atoms with Gasteiger partial charge in [0, 0.05) is 51.5 Å². The van der Waals surface area contributed by atoms with Gasteiger partial charge in [0.15, 0.2) is 12.6 Å². The molecule has 1 unspecified atom stereocenters. The summed E-state index contributed by atoms with van der Waals surface area (Å²) < 4.78 is 37.2. The van der Waals surface area contributed by atoms with Crippen molar-refractivity contribution in [1.29, 1.82) is 0 Å². The second-order valence-corrected chi connectivity index (χ2v) is 17.5. The highest BCUT2D eigenvalue weighted by Gasteiger charge is 2.20. The molecule has 0 saturated carbocycles. The number of hydrogen-bond acceptors (Lipinski definition) is 9. The number of hydrogen-bond donors (Lipinski definition) is 0. The van der Waals surface area contributed by atoms with E-state index in [0.717, 1.165) is 70.3 Å². The van der Waals surface area contributed by atoms with Crippen LogP contribution in [0.25, 0.3) is 0 Å². The van der Waals surface area contributed by atoms with Crippen molar-refractivity contribution in [3.8, 4) is 0 Å². The van der Waals surface area contributed by atoms with Crippen LogP contribution in [0, 0.1) is 29.6 Å². The summed E-state index contributed by atoms with van der Waals surface area (Å²) in [5, 5.41) is 0. The van der Waals surface area contributed by atoms with E-state index in [9.17, 15) is 9.59 Å². The van der Waals surface area contributed by atoms with Crippen LogP contribution in [0.4, 0.5) is 0 Å². The number of carbonyl (C=O) groups excluding carboxylic acids is 2. The zero-order valence-corrected chi connectivity index (χ0v) is 51.2. The summed E-state index contributed by atoms with van der Waals surface area (Å²) in [6.45, 7) is 59.7. The largest absolute Gasteiger partial charge is 0.502 e. The molecule has 0 aromatic heterocycles. The molecule has 0 N–H and O–H groups in total. The minimum absolute atomic E-state index is 0.0278. The summed E-state index contributed by atoms with van der Waals surface area (Å²) in [7, 11) is 0. The molecule has 0 heterocycles. The fourth-order valence-electron chi connectivity index (χ4n) is 4.34. The van der Waals surface area contributed by atoms with Gasteiger partial charge in [-0.05, 0) is 145 Å². The lowest BCUT2D eigenvalue weighted by molar-refractivity contribution is -0.171. The maximum Gasteiger partial charge on any atom is 0.179 e. The van der Waals surface area contributed by atoms with Gasteiger partial charge in [0.25, 0.3) is 0 Å². The van der Waals surface area contributed by atoms with Crippen molar-refractivity contribution in [2.45, 2.75) is 185 Å². The quantitative estimate of drug-likeness (QED) is 0.0181. The van der Waals surface area contributed by atoms with Crippen molar-refractivity contribution in [3.05, 3.63) is 119 Å². The van der Waals surface area contributed by atoms with Crippen LogP contribution in [-0.4, -0.2) is 84.6 Å². The van der Waals surface area contributed by atoms with Gasteiger partial charge in [-0.25, -0.2) is 0 Å². The first-order chi connectivity index (χ1) is 34.1. The van der Waals surface area contributed by atoms with E-state index in [-0.39, 0.29) is 12.6 Å². The summed E-state index contributed by atoms with van der Waals surface area (Å²) >= 11 is 0. The number of rotatable bonds is 29. The van der Waals surface area contributed by atoms with Gasteiger partial charge in [0.2, 0.25) is 0 Å². The maximum absolute atomic E-state index is 10.1. The summed E-state index contributed by atoms with van der Waals surface area (Å²) in [4.78, 5) is 20.2. The lowest BCUT2D eigenvalue weighted by Crippen LogP contribution is -2.28. The van der Waals surface area contributed by atoms with Crippen LogP contribution in [0.1, 0.15) is 173 Å². The Morgan fingerprint density at radius 3 is 1.15 bits per heavy atom. The third-order valence-electron chi connectivity index (χ3n) is 9.92. The van der Waals surface area contributed by atoms with Gasteiger partial charge in [0.05, 0.1) is 26.1 Å². The Kier molecular flexibility index (Phi) is 74.7. The smallest absolute Gasteiger partial charge is 0.179 e. The standard InChI is InChI=1S/C16H28O2.C10H22O2.C10H12O2.C8H18O2.C8H16.C6H10.C5H10O/c1-7-17-16(18-8-2)15(6)12-10-9-11-14(5)13(3)4;1-6-11-10(12-7-2)9(5)8(3)4;1-9(7-11)5-3-4-6-10(2)8-12;1-4-9-6-8(3)7-10-5-2;1-5-6-8(4)7(2)3;1-4-6(3)5-2;1-3-5-6-4-2/h9-13,16H,7-8H2,1-6H3;8-10H,6-7H2,1-5H3;3-8H,1-2H3;8H,4-7H2,1-3H3;6-7H,5H2,1-4H3;4-5H,1H2,2-3H3;3,5H,4H2,1-2H3/b10-9+,14-11+,15-12+;;4-3+,9-5+,10-6+;;8-6+;6-5+;5-3+. The highest BCUT2D eigenvalue weighted by molar-refractivity contribution is 5.73. The zero-order valence-electron chi connectivity index (χ0n) is 51.2. The van der Waals surface area contributed by atoms with Gasteiger partial charge in [-0.2, -0.15) is 0 Å². The van der Waals surface area contributed by atoms with Crippen LogP contribution >= 0.6 is 0 Å². The molecule has 0 bridgehead atoms. The van der Waals surface area contributed by atoms with Crippen molar-refractivity contribution in [3.63, 3.8) is 0 Å². The van der Waals surface area contributed by atoms with E-state index in [0.29, 0.717) is 48.0 Å². The van der Waals surface area contributed by atoms with Crippen molar-refractivity contribution >= 4 is 12.6 Å². The van der Waals surface area contributed by atoms with Crippen LogP contribution in [0.5, 0.6) is 0 Å². The Hall–Kier alpha value is -3.70. The molecule has 9 nitrogen and oxygen atoms in total. The van der Waals surface area contributed by atoms with E-state index >= 15 is 0 Å². The van der Waals surface area contributed by atoms with E-state index in [1.54, 1.807) is 44.4 Å². The zero-order chi connectivity index (χ0) is 57.1. The third kappa shape index (κ3) is 68.4. The van der Waals surface area contributed by atoms with Gasteiger partial charge >= 0.3 is 0 Å². The molecular weight excluding hydrogens is 901 g/mol. The average molecular weight is 1020 g/mol. The van der Waals surface area contributed by atoms with E-state index in [1.807, 2.05) is 107 Å². The molecule has 0 saturated heterocycles. The summed E-state index contributed by atoms with van der Waals surface area (Å²) in [6.07, 6.45) is 27.2. The molecular formula is C63H116O9. The fraction of sp³-hybridized carbons (Fsp3) is 0.651. The second kappa shape index (κ2) is 65.3. The summed E-state index contributed by atoms with van der Waals surface area (Å²) in [5.74, 6) is 2.92. The van der Waals surface area contributed by atoms with E-state index in [2.05, 4.69) is 101 Å². The van der Waals surface area contributed by atoms with Crippen LogP contribution in [0.15, 0.2) is 119 Å². The fourth-order valence-corrected chi connectivity index (χ4v) is 4.34. The number of allylic oxidation sites excluding steroid dienone is 17. The van der Waals surface area contributed by atoms with E-state index in [1.165, 1.54) is 23.1 Å². The van der Waals surface area contributed by atoms with Crippen molar-refractivity contribution in [1.82, 2.24) is 0 Å². The lowest BCUT2D eigenvalue weighted by atomic mass is 9.97. The van der Waals surface area contributed by atoms with Crippen LogP contribution < -0.4 is 0 Å². The monoisotopic (exact) mass is 1020 g/mol. The Morgan fingerprint density at radius 1 is 0.500 bits per heavy atom. The molecule has 0 spiro atoms. The molecule has 0 rings (SSSR count). The molecule has 1 atom stereocenters. The molecule has 0 fully saturated rings. The number of ether oxygens (including phenoxy) is 7. The molecule has 0 amide bonds. The van der Waals surface area contributed by atoms with Crippen LogP contribution in [-0.2, 0) is 42.7 Å². The molecule has 422 valence electrons. The number of carbonyl (C=O) groups is 2. The molecule has 0 aliphatic carbocycles. The first kappa shape index (κ1) is 82.3. The summed E-state index contributed by atoms with van der Waals surface area (Å²) in [5.41, 5.74) is 6.52. The number of aldehydes is 2. The Bertz CT molecular complexity index is 1430. The molecule has 0 aromatic rings.